The van der Waals surface area contributed by atoms with Gasteiger partial charge in [0.1, 0.15) is 30.7 Å². The highest BCUT2D eigenvalue weighted by Gasteiger charge is 2.34. The average molecular weight is 886 g/mol. The van der Waals surface area contributed by atoms with E-state index in [1.165, 1.54) is 4.90 Å². The molecule has 1 saturated carbocycles. The van der Waals surface area contributed by atoms with Gasteiger partial charge < -0.3 is 55.4 Å². The topological polar surface area (TPSA) is 197 Å². The molecule has 63 heavy (non-hydrogen) atoms. The van der Waals surface area contributed by atoms with Crippen LogP contribution in [0.2, 0.25) is 0 Å². The second kappa shape index (κ2) is 30.5. The molecule has 4 unspecified atom stereocenters. The summed E-state index contributed by atoms with van der Waals surface area (Å²) < 4.78 is 17.6. The van der Waals surface area contributed by atoms with Crippen LogP contribution in [-0.4, -0.2) is 131 Å². The number of nitrogens with zero attached hydrogens (tertiary/aromatic N) is 2. The van der Waals surface area contributed by atoms with Gasteiger partial charge in [-0.15, -0.1) is 0 Å². The number of hydrogen-bond donors (Lipinski definition) is 5. The molecular formula is C47H79N7O9. The number of likely N-dealkylation sites (N-methyl/N-ethyl adjacent to an activating group) is 2. The number of unbranched alkanes of at least 4 members (excludes halogenated alkanes) is 3. The van der Waals surface area contributed by atoms with Crippen molar-refractivity contribution in [2.24, 2.45) is 11.8 Å². The van der Waals surface area contributed by atoms with E-state index in [2.05, 4.69) is 33.5 Å². The normalized spacial score (nSPS) is 15.9. The zero-order valence-corrected chi connectivity index (χ0v) is 39.6. The van der Waals surface area contributed by atoms with Gasteiger partial charge in [-0.1, -0.05) is 89.6 Å². The van der Waals surface area contributed by atoms with E-state index in [1.54, 1.807) is 27.9 Å². The zero-order chi connectivity index (χ0) is 46.7. The molecule has 16 nitrogen and oxygen atoms in total. The van der Waals surface area contributed by atoms with Crippen LogP contribution >= 0.6 is 0 Å². The maximum Gasteiger partial charge on any atom is 0.407 e. The number of benzene rings is 1. The lowest BCUT2D eigenvalue weighted by Crippen LogP contribution is -2.61. The van der Waals surface area contributed by atoms with Crippen molar-refractivity contribution >= 4 is 36.0 Å². The maximum absolute atomic E-state index is 14.2. The summed E-state index contributed by atoms with van der Waals surface area (Å²) in [6.45, 7) is 9.92. The molecule has 5 N–H and O–H groups in total. The molecule has 0 spiro atoms. The first-order chi connectivity index (χ1) is 30.1. The van der Waals surface area contributed by atoms with Gasteiger partial charge in [-0.2, -0.15) is 0 Å². The number of nitrogens with one attached hydrogen (secondary N) is 5. The summed E-state index contributed by atoms with van der Waals surface area (Å²) >= 11 is 0. The van der Waals surface area contributed by atoms with Crippen molar-refractivity contribution in [3.8, 4) is 0 Å². The number of carbonyl (C=O) groups is 6. The van der Waals surface area contributed by atoms with E-state index in [0.29, 0.717) is 37.2 Å². The molecule has 5 atom stereocenters. The van der Waals surface area contributed by atoms with E-state index in [4.69, 9.17) is 14.2 Å². The van der Waals surface area contributed by atoms with E-state index in [0.717, 1.165) is 76.2 Å². The van der Waals surface area contributed by atoms with Crippen molar-refractivity contribution in [3.05, 3.63) is 47.2 Å². The third kappa shape index (κ3) is 21.1. The van der Waals surface area contributed by atoms with Crippen molar-refractivity contribution in [1.29, 1.82) is 0 Å². The molecule has 0 aromatic heterocycles. The number of amides is 5. The molecule has 0 heterocycles. The van der Waals surface area contributed by atoms with Crippen molar-refractivity contribution in [2.45, 2.75) is 149 Å². The number of hydrogen-bond acceptors (Lipinski definition) is 11. The number of ether oxygens (including phenoxy) is 3. The van der Waals surface area contributed by atoms with Gasteiger partial charge in [0.2, 0.25) is 17.7 Å². The molecule has 16 heteroatoms. The summed E-state index contributed by atoms with van der Waals surface area (Å²) in [6, 6.07) is 5.45. The predicted octanol–water partition coefficient (Wildman–Crippen LogP) is 4.81. The van der Waals surface area contributed by atoms with Crippen molar-refractivity contribution in [1.82, 2.24) is 36.4 Å². The lowest BCUT2D eigenvalue weighted by atomic mass is 9.83. The Labute approximate surface area is 376 Å². The predicted molar refractivity (Wildman–Crippen MR) is 244 cm³/mol. The molecule has 356 valence electrons. The smallest absolute Gasteiger partial charge is 0.407 e. The number of allylic oxidation sites excluding steroid dienone is 1. The van der Waals surface area contributed by atoms with Crippen molar-refractivity contribution in [2.75, 3.05) is 54.5 Å². The third-order valence-electron chi connectivity index (χ3n) is 11.2. The Hall–Kier alpha value is -4.54. The number of carbonyl (C=O) groups excluding carboxylic acids is 6. The molecule has 0 saturated heterocycles. The molecule has 1 aromatic rings. The van der Waals surface area contributed by atoms with Crippen LogP contribution in [0.4, 0.5) is 4.79 Å². The van der Waals surface area contributed by atoms with Gasteiger partial charge in [-0.25, -0.2) is 4.79 Å². The summed E-state index contributed by atoms with van der Waals surface area (Å²) in [6.07, 6.45) is 9.20. The Kier molecular flexibility index (Phi) is 26.5. The quantitative estimate of drug-likeness (QED) is 0.0234. The third-order valence-corrected chi connectivity index (χ3v) is 11.2. The van der Waals surface area contributed by atoms with Crippen LogP contribution in [0.15, 0.2) is 41.7 Å². The van der Waals surface area contributed by atoms with Gasteiger partial charge in [-0.3, -0.25) is 19.2 Å². The molecule has 0 radical (unpaired) electrons. The van der Waals surface area contributed by atoms with Crippen LogP contribution in [0.25, 0.3) is 0 Å². The van der Waals surface area contributed by atoms with Crippen LogP contribution in [0, 0.1) is 11.8 Å². The minimum atomic E-state index is -1.28. The summed E-state index contributed by atoms with van der Waals surface area (Å²) in [5, 5.41) is 14.1. The summed E-state index contributed by atoms with van der Waals surface area (Å²) in [4.78, 5) is 84.0. The minimum Gasteiger partial charge on any atom is -0.475 e. The van der Waals surface area contributed by atoms with Gasteiger partial charge in [0.15, 0.2) is 6.23 Å². The first-order valence-corrected chi connectivity index (χ1v) is 23.0. The molecule has 0 bridgehead atoms. The van der Waals surface area contributed by atoms with E-state index < -0.39 is 54.2 Å². The zero-order valence-electron chi connectivity index (χ0n) is 39.6. The van der Waals surface area contributed by atoms with Crippen LogP contribution < -0.4 is 26.6 Å². The molecular weight excluding hydrogens is 807 g/mol. The fourth-order valence-corrected chi connectivity index (χ4v) is 7.53. The summed E-state index contributed by atoms with van der Waals surface area (Å²) in [7, 11) is 7.20. The lowest BCUT2D eigenvalue weighted by molar-refractivity contribution is -0.135. The highest BCUT2D eigenvalue weighted by molar-refractivity contribution is 5.95. The Morgan fingerprint density at radius 1 is 0.857 bits per heavy atom. The van der Waals surface area contributed by atoms with Crippen molar-refractivity contribution < 1.29 is 43.0 Å². The first kappa shape index (κ1) is 54.6. The van der Waals surface area contributed by atoms with Crippen LogP contribution in [0.3, 0.4) is 0 Å². The molecule has 5 amide bonds. The second-order valence-corrected chi connectivity index (χ2v) is 17.3. The molecule has 2 rings (SSSR count). The summed E-state index contributed by atoms with van der Waals surface area (Å²) in [5.74, 6) is -1.42. The number of alkyl carbamates (subject to hydrolysis) is 1. The minimum absolute atomic E-state index is 0.00446. The first-order valence-electron chi connectivity index (χ1n) is 23.0. The van der Waals surface area contributed by atoms with E-state index in [-0.39, 0.29) is 37.5 Å². The van der Waals surface area contributed by atoms with Gasteiger partial charge in [-0.05, 0) is 91.0 Å². The van der Waals surface area contributed by atoms with E-state index in [1.807, 2.05) is 63.2 Å². The van der Waals surface area contributed by atoms with Crippen LogP contribution in [0.1, 0.15) is 117 Å². The van der Waals surface area contributed by atoms with Gasteiger partial charge in [0.25, 0.3) is 5.91 Å². The average Bonchev–Trinajstić information content (AvgIpc) is 3.26. The highest BCUT2D eigenvalue weighted by Crippen LogP contribution is 2.27. The van der Waals surface area contributed by atoms with E-state index in [9.17, 15) is 28.8 Å². The van der Waals surface area contributed by atoms with Crippen LogP contribution in [-0.2, 0) is 44.8 Å². The molecule has 1 fully saturated rings. The molecule has 1 aliphatic rings. The van der Waals surface area contributed by atoms with Gasteiger partial charge in [0.05, 0.1) is 30.8 Å². The fraction of sp³-hybridized carbons (Fsp3) is 0.702. The molecule has 0 aliphatic heterocycles. The Morgan fingerprint density at radius 2 is 1.52 bits per heavy atom. The highest BCUT2D eigenvalue weighted by atomic mass is 16.5. The second-order valence-electron chi connectivity index (χ2n) is 17.3. The Balaban J connectivity index is 2.35. The lowest BCUT2D eigenvalue weighted by Gasteiger charge is -2.31. The van der Waals surface area contributed by atoms with Gasteiger partial charge >= 0.3 is 6.09 Å². The fourth-order valence-electron chi connectivity index (χ4n) is 7.53. The van der Waals surface area contributed by atoms with Gasteiger partial charge in [0, 0.05) is 20.1 Å². The van der Waals surface area contributed by atoms with E-state index >= 15 is 0 Å². The Bertz CT molecular complexity index is 1570. The molecule has 1 aliphatic carbocycles. The SMILES string of the molecule is CCCCCC/C(O[C@@H](C)NC(=O)C(COCCCN(C)C)NC(=O)C(CNC(=O)OCc1ccccc1)NC(=O)C(NC)C1CCCCC1)=C(\C)C(=O)N(C)C(C=O)CC(C)C. The van der Waals surface area contributed by atoms with Crippen molar-refractivity contribution in [3.63, 3.8) is 0 Å². The maximum atomic E-state index is 14.2. The van der Waals surface area contributed by atoms with Crippen LogP contribution in [0.5, 0.6) is 0 Å². The number of aldehydes is 1. The summed E-state index contributed by atoms with van der Waals surface area (Å²) in [5.41, 5.74) is 1.11. The standard InChI is InChI=1S/C47H79N7O9/c1-10-11-12-19-25-41(34(4)46(59)54(9)38(30-55)28-33(2)3)63-35(5)50-44(57)40(32-61-27-20-26-53(7)8)52-43(56)39(29-49-47(60)62-31-36-21-15-13-16-22-36)51-45(58)42(48-6)37-23-17-14-18-24-37/h13,15-16,21-22,30,33,35,37-40,42,48H,10-12,14,17-20,23-29,31-32H2,1-9H3,(H,49,60)(H,50,57)(H,51,58)(H,52,56)/b41-34-/t35-,38?,39?,40?,42?/m0/s1. The Morgan fingerprint density at radius 3 is 2.14 bits per heavy atom. The largest absolute Gasteiger partial charge is 0.475 e. The monoisotopic (exact) mass is 886 g/mol. The molecule has 1 aromatic carbocycles. The number of rotatable bonds is 30.